The monoisotopic (exact) mass is 298 g/mol. The Hall–Kier alpha value is -2.07. The van der Waals surface area contributed by atoms with E-state index in [0.29, 0.717) is 12.8 Å². The molecule has 1 fully saturated rings. The molecule has 1 N–H and O–H groups in total. The van der Waals surface area contributed by atoms with Gasteiger partial charge in [-0.15, -0.1) is 0 Å². The van der Waals surface area contributed by atoms with Gasteiger partial charge in [0.25, 0.3) is 0 Å². The normalized spacial score (nSPS) is 20.2. The maximum Gasteiger partial charge on any atom is 0.224 e. The van der Waals surface area contributed by atoms with Crippen LogP contribution < -0.4 is 0 Å². The first kappa shape index (κ1) is 15.3. The van der Waals surface area contributed by atoms with Crippen LogP contribution in [0.5, 0.6) is 0 Å². The summed E-state index contributed by atoms with van der Waals surface area (Å²) in [6, 6.07) is 1.55. The lowest BCUT2D eigenvalue weighted by molar-refractivity contribution is -0.139. The third kappa shape index (κ3) is 2.85. The summed E-state index contributed by atoms with van der Waals surface area (Å²) < 4.78 is 39.6. The Kier molecular flexibility index (Phi) is 4.48. The lowest BCUT2D eigenvalue weighted by atomic mass is 9.96. The molecule has 0 aliphatic carbocycles. The van der Waals surface area contributed by atoms with Gasteiger partial charge in [-0.25, -0.2) is 13.2 Å². The summed E-state index contributed by atoms with van der Waals surface area (Å²) in [6.45, 7) is -0.617. The summed E-state index contributed by atoms with van der Waals surface area (Å²) in [5.74, 6) is -4.79. The molecule has 1 aliphatic heterocycles. The lowest BCUT2D eigenvalue weighted by Gasteiger charge is -2.37. The third-order valence-corrected chi connectivity index (χ3v) is 3.54. The molecule has 0 bridgehead atoms. The molecule has 1 unspecified atom stereocenters. The molecule has 1 aromatic rings. The number of halogens is 3. The number of aliphatic hydroxyl groups excluding tert-OH is 1. The van der Waals surface area contributed by atoms with Crippen LogP contribution in [0.4, 0.5) is 13.2 Å². The zero-order chi connectivity index (χ0) is 15.6. The molecule has 0 saturated carbocycles. The first-order valence-electron chi connectivity index (χ1n) is 6.45. The number of carbonyl (C=O) groups is 1. The fourth-order valence-corrected chi connectivity index (χ4v) is 2.53. The van der Waals surface area contributed by atoms with Gasteiger partial charge in [0.05, 0.1) is 18.7 Å². The van der Waals surface area contributed by atoms with E-state index in [0.717, 1.165) is 17.0 Å². The highest BCUT2D eigenvalue weighted by molar-refractivity contribution is 5.78. The molecule has 7 heteroatoms. The van der Waals surface area contributed by atoms with Crippen LogP contribution >= 0.6 is 0 Å². The second-order valence-electron chi connectivity index (χ2n) is 4.84. The van der Waals surface area contributed by atoms with Gasteiger partial charge < -0.3 is 10.0 Å². The van der Waals surface area contributed by atoms with Crippen molar-refractivity contribution >= 4 is 5.91 Å². The standard InChI is InChI=1S/C14H13F3N2O2/c15-10-4-8(5-11(16)14(10)17)12(7-20)19-9(6-18)2-1-3-13(19)21/h4-5,9,12,20H,1-3,7H2/t9?,12-/m0/s1. The SMILES string of the molecule is N#CC1CCCC(=O)N1[C@@H](CO)c1cc(F)c(F)c(F)c1. The van der Waals surface area contributed by atoms with Crippen molar-refractivity contribution in [2.24, 2.45) is 0 Å². The molecule has 1 aliphatic rings. The van der Waals surface area contributed by atoms with Gasteiger partial charge in [0.15, 0.2) is 17.5 Å². The minimum atomic E-state index is -1.61. The topological polar surface area (TPSA) is 64.3 Å². The minimum Gasteiger partial charge on any atom is -0.394 e. The fraction of sp³-hybridized carbons (Fsp3) is 0.429. The van der Waals surface area contributed by atoms with Crippen molar-refractivity contribution in [2.45, 2.75) is 31.3 Å². The zero-order valence-corrected chi connectivity index (χ0v) is 11.0. The summed E-state index contributed by atoms with van der Waals surface area (Å²) in [5, 5.41) is 18.6. The third-order valence-electron chi connectivity index (χ3n) is 3.54. The van der Waals surface area contributed by atoms with Crippen LogP contribution in [-0.4, -0.2) is 28.6 Å². The van der Waals surface area contributed by atoms with Gasteiger partial charge in [0.2, 0.25) is 5.91 Å². The molecule has 1 saturated heterocycles. The predicted octanol–water partition coefficient (Wildman–Crippen LogP) is 2.04. The van der Waals surface area contributed by atoms with Crippen molar-refractivity contribution < 1.29 is 23.1 Å². The number of carbonyl (C=O) groups excluding carboxylic acids is 1. The van der Waals surface area contributed by atoms with Crippen LogP contribution in [0.3, 0.4) is 0 Å². The number of rotatable bonds is 3. The Balaban J connectivity index is 2.43. The molecule has 1 aromatic carbocycles. The predicted molar refractivity (Wildman–Crippen MR) is 66.2 cm³/mol. The van der Waals surface area contributed by atoms with E-state index in [4.69, 9.17) is 5.26 Å². The van der Waals surface area contributed by atoms with Gasteiger partial charge in [0, 0.05) is 6.42 Å². The van der Waals surface area contributed by atoms with E-state index in [-0.39, 0.29) is 17.9 Å². The van der Waals surface area contributed by atoms with Crippen LogP contribution in [0.25, 0.3) is 0 Å². The lowest BCUT2D eigenvalue weighted by Crippen LogP contribution is -2.46. The molecule has 21 heavy (non-hydrogen) atoms. The Bertz CT molecular complexity index is 577. The first-order chi connectivity index (χ1) is 9.99. The van der Waals surface area contributed by atoms with E-state index in [1.165, 1.54) is 0 Å². The molecule has 2 atom stereocenters. The van der Waals surface area contributed by atoms with Gasteiger partial charge in [-0.3, -0.25) is 4.79 Å². The van der Waals surface area contributed by atoms with E-state index in [1.54, 1.807) is 0 Å². The van der Waals surface area contributed by atoms with Gasteiger partial charge >= 0.3 is 0 Å². The Morgan fingerprint density at radius 1 is 1.38 bits per heavy atom. The minimum absolute atomic E-state index is 0.0793. The van der Waals surface area contributed by atoms with Crippen molar-refractivity contribution in [3.05, 3.63) is 35.1 Å². The van der Waals surface area contributed by atoms with E-state index < -0.39 is 36.1 Å². The van der Waals surface area contributed by atoms with E-state index in [2.05, 4.69) is 0 Å². The second-order valence-corrected chi connectivity index (χ2v) is 4.84. The zero-order valence-electron chi connectivity index (χ0n) is 11.0. The highest BCUT2D eigenvalue weighted by atomic mass is 19.2. The van der Waals surface area contributed by atoms with Crippen LogP contribution in [-0.2, 0) is 4.79 Å². The summed E-state index contributed by atoms with van der Waals surface area (Å²) in [5.41, 5.74) is -0.0793. The number of nitrogens with zero attached hydrogens (tertiary/aromatic N) is 2. The van der Waals surface area contributed by atoms with Gasteiger partial charge in [-0.05, 0) is 30.5 Å². The molecule has 0 radical (unpaired) electrons. The number of piperidine rings is 1. The second kappa shape index (κ2) is 6.14. The van der Waals surface area contributed by atoms with Crippen molar-refractivity contribution in [3.8, 4) is 6.07 Å². The Morgan fingerprint density at radius 2 is 2.00 bits per heavy atom. The van der Waals surface area contributed by atoms with Gasteiger partial charge in [-0.1, -0.05) is 0 Å². The van der Waals surface area contributed by atoms with Crippen molar-refractivity contribution in [1.82, 2.24) is 4.90 Å². The number of hydrogen-bond acceptors (Lipinski definition) is 3. The number of amides is 1. The van der Waals surface area contributed by atoms with E-state index in [9.17, 15) is 23.1 Å². The molecular weight excluding hydrogens is 285 g/mol. The largest absolute Gasteiger partial charge is 0.394 e. The Morgan fingerprint density at radius 3 is 2.52 bits per heavy atom. The molecule has 0 spiro atoms. The fourth-order valence-electron chi connectivity index (χ4n) is 2.53. The number of nitriles is 1. The molecule has 1 amide bonds. The number of benzene rings is 1. The molecule has 0 aromatic heterocycles. The maximum absolute atomic E-state index is 13.3. The highest BCUT2D eigenvalue weighted by Crippen LogP contribution is 2.30. The Labute approximate surface area is 119 Å². The first-order valence-corrected chi connectivity index (χ1v) is 6.45. The van der Waals surface area contributed by atoms with Crippen LogP contribution in [0.2, 0.25) is 0 Å². The maximum atomic E-state index is 13.3. The molecule has 4 nitrogen and oxygen atoms in total. The number of aliphatic hydroxyl groups is 1. The van der Waals surface area contributed by atoms with Crippen LogP contribution in [0.15, 0.2) is 12.1 Å². The van der Waals surface area contributed by atoms with Crippen molar-refractivity contribution in [2.75, 3.05) is 6.61 Å². The summed E-state index contributed by atoms with van der Waals surface area (Å²) in [7, 11) is 0. The average Bonchev–Trinajstić information content (AvgIpc) is 2.46. The van der Waals surface area contributed by atoms with Crippen LogP contribution in [0.1, 0.15) is 30.9 Å². The van der Waals surface area contributed by atoms with E-state index in [1.807, 2.05) is 6.07 Å². The highest BCUT2D eigenvalue weighted by Gasteiger charge is 2.35. The quantitative estimate of drug-likeness (QED) is 0.869. The molecule has 112 valence electrons. The summed E-state index contributed by atoms with van der Waals surface area (Å²) >= 11 is 0. The molecule has 2 rings (SSSR count). The van der Waals surface area contributed by atoms with Crippen molar-refractivity contribution in [3.63, 3.8) is 0 Å². The number of likely N-dealkylation sites (tertiary alicyclic amines) is 1. The molecular formula is C14H13F3N2O2. The van der Waals surface area contributed by atoms with Gasteiger partial charge in [-0.2, -0.15) is 5.26 Å². The van der Waals surface area contributed by atoms with Crippen molar-refractivity contribution in [1.29, 1.82) is 5.26 Å². The number of hydrogen-bond donors (Lipinski definition) is 1. The van der Waals surface area contributed by atoms with E-state index >= 15 is 0 Å². The molecule has 1 heterocycles. The van der Waals surface area contributed by atoms with Gasteiger partial charge in [0.1, 0.15) is 6.04 Å². The smallest absolute Gasteiger partial charge is 0.224 e. The summed E-state index contributed by atoms with van der Waals surface area (Å²) in [6.07, 6.45) is 1.16. The summed E-state index contributed by atoms with van der Waals surface area (Å²) in [4.78, 5) is 13.1. The average molecular weight is 298 g/mol. The van der Waals surface area contributed by atoms with Crippen LogP contribution in [0, 0.1) is 28.8 Å².